The second kappa shape index (κ2) is 17.0. The van der Waals surface area contributed by atoms with Crippen molar-refractivity contribution < 1.29 is 24.0 Å². The summed E-state index contributed by atoms with van der Waals surface area (Å²) >= 11 is 0. The van der Waals surface area contributed by atoms with Gasteiger partial charge >= 0.3 is 0 Å². The minimum Gasteiger partial charge on any atom is -0.369 e. The summed E-state index contributed by atoms with van der Waals surface area (Å²) in [5, 5.41) is 5.42. The van der Waals surface area contributed by atoms with Gasteiger partial charge in [0.05, 0.1) is 12.1 Å². The number of carbonyl (C=O) groups is 5. The largest absolute Gasteiger partial charge is 0.369 e. The highest BCUT2D eigenvalue weighted by atomic mass is 16.2. The topological polar surface area (TPSA) is 122 Å². The third kappa shape index (κ3) is 9.01. The Labute approximate surface area is 272 Å². The lowest BCUT2D eigenvalue weighted by molar-refractivity contribution is -0.126. The van der Waals surface area contributed by atoms with Crippen molar-refractivity contribution in [2.75, 3.05) is 64.8 Å². The summed E-state index contributed by atoms with van der Waals surface area (Å²) in [6.07, 6.45) is 5.02. The summed E-state index contributed by atoms with van der Waals surface area (Å²) in [5.74, 6) is 0.440. The molecular formula is C35H48N6O5. The van der Waals surface area contributed by atoms with Crippen LogP contribution in [0.3, 0.4) is 0 Å². The Hall–Kier alpha value is -4.09. The lowest BCUT2D eigenvalue weighted by Crippen LogP contribution is -2.49. The molecule has 2 aliphatic heterocycles. The first kappa shape index (κ1) is 34.8. The van der Waals surface area contributed by atoms with Gasteiger partial charge in [0.1, 0.15) is 12.6 Å². The van der Waals surface area contributed by atoms with Crippen molar-refractivity contribution in [3.05, 3.63) is 64.7 Å². The standard InChI is InChI=1S/C35H48N6O5/c1-26(37-25-44)28-6-4-7-29(20-28)35(46)41-13-11-27(12-14-41)22-39-15-17-40(18-16-39)32-10-9-30(24-43)31(21-32)23-38(3)33(8-5-19-42)34(45)36-2/h4,6-7,9-10,19-21,24-27,33H,5,8,11-18,22-23H2,1-3H3,(H,36,45)(H,37,44)/t26-,33?/m1/s1. The van der Waals surface area contributed by atoms with Crippen LogP contribution >= 0.6 is 0 Å². The van der Waals surface area contributed by atoms with Crippen molar-refractivity contribution in [1.29, 1.82) is 0 Å². The van der Waals surface area contributed by atoms with E-state index in [4.69, 9.17) is 0 Å². The number of carbonyl (C=O) groups excluding carboxylic acids is 5. The number of anilines is 1. The van der Waals surface area contributed by atoms with E-state index in [9.17, 15) is 24.0 Å². The fraction of sp³-hybridized carbons (Fsp3) is 0.514. The second-order valence-electron chi connectivity index (χ2n) is 12.4. The third-order valence-electron chi connectivity index (χ3n) is 9.42. The Morgan fingerprint density at radius 2 is 1.74 bits per heavy atom. The smallest absolute Gasteiger partial charge is 0.253 e. The zero-order valence-electron chi connectivity index (χ0n) is 27.3. The van der Waals surface area contributed by atoms with Gasteiger partial charge < -0.3 is 25.2 Å². The van der Waals surface area contributed by atoms with Gasteiger partial charge in [-0.3, -0.25) is 29.0 Å². The van der Waals surface area contributed by atoms with Gasteiger partial charge in [-0.05, 0) is 80.6 Å². The molecule has 2 saturated heterocycles. The first-order valence-electron chi connectivity index (χ1n) is 16.3. The number of hydrogen-bond acceptors (Lipinski definition) is 8. The summed E-state index contributed by atoms with van der Waals surface area (Å²) in [6.45, 7) is 8.45. The first-order valence-corrected chi connectivity index (χ1v) is 16.3. The third-order valence-corrected chi connectivity index (χ3v) is 9.42. The van der Waals surface area contributed by atoms with Crippen LogP contribution in [-0.4, -0.2) is 111 Å². The lowest BCUT2D eigenvalue weighted by atomic mass is 9.95. The van der Waals surface area contributed by atoms with E-state index < -0.39 is 6.04 Å². The Kier molecular flexibility index (Phi) is 12.9. The van der Waals surface area contributed by atoms with E-state index in [-0.39, 0.29) is 17.9 Å². The molecule has 0 aromatic heterocycles. The maximum atomic E-state index is 13.2. The molecule has 3 amide bonds. The van der Waals surface area contributed by atoms with Crippen LogP contribution < -0.4 is 15.5 Å². The molecular weight excluding hydrogens is 584 g/mol. The van der Waals surface area contributed by atoms with Crippen molar-refractivity contribution in [1.82, 2.24) is 25.3 Å². The van der Waals surface area contributed by atoms with Crippen molar-refractivity contribution in [2.45, 2.75) is 51.2 Å². The predicted octanol–water partition coefficient (Wildman–Crippen LogP) is 2.51. The molecule has 2 aliphatic rings. The number of benzene rings is 2. The average molecular weight is 633 g/mol. The highest BCUT2D eigenvalue weighted by molar-refractivity contribution is 5.94. The summed E-state index contributed by atoms with van der Waals surface area (Å²) in [5.41, 5.74) is 4.09. The highest BCUT2D eigenvalue weighted by Gasteiger charge is 2.28. The number of amides is 3. The Morgan fingerprint density at radius 1 is 1.00 bits per heavy atom. The molecule has 2 aromatic carbocycles. The number of piperazine rings is 1. The highest BCUT2D eigenvalue weighted by Crippen LogP contribution is 2.25. The number of likely N-dealkylation sites (N-methyl/N-ethyl adjacent to an activating group) is 2. The molecule has 2 atom stereocenters. The number of nitrogens with zero attached hydrogens (tertiary/aromatic N) is 4. The number of rotatable bonds is 15. The molecule has 1 unspecified atom stereocenters. The molecule has 2 heterocycles. The Balaban J connectivity index is 1.28. The molecule has 0 bridgehead atoms. The monoisotopic (exact) mass is 632 g/mol. The van der Waals surface area contributed by atoms with Gasteiger partial charge in [0.2, 0.25) is 12.3 Å². The molecule has 11 nitrogen and oxygen atoms in total. The van der Waals surface area contributed by atoms with Crippen LogP contribution in [0.5, 0.6) is 0 Å². The normalized spacial score (nSPS) is 17.3. The van der Waals surface area contributed by atoms with Crippen molar-refractivity contribution in [3.8, 4) is 0 Å². The maximum Gasteiger partial charge on any atom is 0.253 e. The van der Waals surface area contributed by atoms with Crippen molar-refractivity contribution >= 4 is 36.5 Å². The summed E-state index contributed by atoms with van der Waals surface area (Å²) in [7, 11) is 3.43. The van der Waals surface area contributed by atoms with Crippen LogP contribution in [0.25, 0.3) is 0 Å². The predicted molar refractivity (Wildman–Crippen MR) is 178 cm³/mol. The lowest BCUT2D eigenvalue weighted by Gasteiger charge is -2.40. The van der Waals surface area contributed by atoms with Crippen LogP contribution in [0.15, 0.2) is 42.5 Å². The summed E-state index contributed by atoms with van der Waals surface area (Å²) in [4.78, 5) is 68.0. The molecule has 0 radical (unpaired) electrons. The summed E-state index contributed by atoms with van der Waals surface area (Å²) < 4.78 is 0. The quantitative estimate of drug-likeness (QED) is 0.288. The molecule has 46 heavy (non-hydrogen) atoms. The van der Waals surface area contributed by atoms with E-state index in [0.29, 0.717) is 42.8 Å². The molecule has 11 heteroatoms. The van der Waals surface area contributed by atoms with Gasteiger partial charge in [0, 0.05) is 82.6 Å². The van der Waals surface area contributed by atoms with E-state index in [0.717, 1.165) is 88.0 Å². The van der Waals surface area contributed by atoms with Crippen molar-refractivity contribution in [2.24, 2.45) is 5.92 Å². The minimum atomic E-state index is -0.460. The van der Waals surface area contributed by atoms with E-state index in [1.165, 1.54) is 0 Å². The molecule has 248 valence electrons. The number of hydrogen-bond donors (Lipinski definition) is 2. The molecule has 0 saturated carbocycles. The van der Waals surface area contributed by atoms with Gasteiger partial charge in [-0.25, -0.2) is 0 Å². The molecule has 0 aliphatic carbocycles. The minimum absolute atomic E-state index is 0.0449. The zero-order chi connectivity index (χ0) is 33.1. The maximum absolute atomic E-state index is 13.2. The fourth-order valence-corrected chi connectivity index (χ4v) is 6.56. The zero-order valence-corrected chi connectivity index (χ0v) is 27.3. The van der Waals surface area contributed by atoms with E-state index in [2.05, 4.69) is 26.5 Å². The molecule has 2 aromatic rings. The van der Waals surface area contributed by atoms with Crippen LogP contribution in [0.4, 0.5) is 5.69 Å². The molecule has 2 fully saturated rings. The molecule has 2 N–H and O–H groups in total. The van der Waals surface area contributed by atoms with Crippen LogP contribution in [0.1, 0.15) is 70.5 Å². The number of likely N-dealkylation sites (tertiary alicyclic amines) is 1. The second-order valence-corrected chi connectivity index (χ2v) is 12.4. The SMILES string of the molecule is CNC(=O)C(CCC=O)N(C)Cc1cc(N2CCN(CC3CCN(C(=O)c4cccc([C@@H](C)NC=O)c4)CC3)CC2)ccc1C=O. The number of aldehydes is 2. The Morgan fingerprint density at radius 3 is 2.39 bits per heavy atom. The number of nitrogens with one attached hydrogen (secondary N) is 2. The van der Waals surface area contributed by atoms with E-state index >= 15 is 0 Å². The number of piperidine rings is 1. The first-order chi connectivity index (χ1) is 22.3. The van der Waals surface area contributed by atoms with Crippen LogP contribution in [-0.2, 0) is 20.9 Å². The summed E-state index contributed by atoms with van der Waals surface area (Å²) in [6, 6.07) is 12.8. The van der Waals surface area contributed by atoms with E-state index in [1.807, 2.05) is 60.2 Å². The van der Waals surface area contributed by atoms with E-state index in [1.54, 1.807) is 7.05 Å². The van der Waals surface area contributed by atoms with Gasteiger partial charge in [-0.15, -0.1) is 0 Å². The average Bonchev–Trinajstić information content (AvgIpc) is 3.08. The Bertz CT molecular complexity index is 1350. The van der Waals surface area contributed by atoms with Gasteiger partial charge in [0.25, 0.3) is 5.91 Å². The van der Waals surface area contributed by atoms with Gasteiger partial charge in [-0.1, -0.05) is 12.1 Å². The van der Waals surface area contributed by atoms with Crippen LogP contribution in [0.2, 0.25) is 0 Å². The molecule has 0 spiro atoms. The van der Waals surface area contributed by atoms with Crippen LogP contribution in [0, 0.1) is 5.92 Å². The fourth-order valence-electron chi connectivity index (χ4n) is 6.56. The van der Waals surface area contributed by atoms with Gasteiger partial charge in [0.15, 0.2) is 0 Å². The van der Waals surface area contributed by atoms with Crippen molar-refractivity contribution in [3.63, 3.8) is 0 Å². The van der Waals surface area contributed by atoms with Gasteiger partial charge in [-0.2, -0.15) is 0 Å². The molecule has 4 rings (SSSR count).